The first kappa shape index (κ1) is 24.5. The van der Waals surface area contributed by atoms with Crippen LogP contribution in [0, 0.1) is 0 Å². The molecular formula is C31H25N3O4. The molecule has 4 N–H and O–H groups in total. The summed E-state index contributed by atoms with van der Waals surface area (Å²) in [6.45, 7) is 0. The topological polar surface area (TPSA) is 111 Å². The van der Waals surface area contributed by atoms with Gasteiger partial charge in [-0.1, -0.05) is 72.8 Å². The van der Waals surface area contributed by atoms with Crippen LogP contribution in [0.5, 0.6) is 0 Å². The number of carbonyl (C=O) groups is 3. The molecule has 4 aromatic carbocycles. The van der Waals surface area contributed by atoms with Gasteiger partial charge in [0.2, 0.25) is 0 Å². The van der Waals surface area contributed by atoms with Crippen molar-refractivity contribution in [1.29, 1.82) is 0 Å². The van der Waals surface area contributed by atoms with E-state index < -0.39 is 17.9 Å². The second-order valence-electron chi connectivity index (χ2n) is 8.89. The van der Waals surface area contributed by atoms with Gasteiger partial charge < -0.3 is 20.7 Å². The minimum atomic E-state index is -1.16. The quantitative estimate of drug-likeness (QED) is 0.224. The fourth-order valence-electron chi connectivity index (χ4n) is 4.33. The Labute approximate surface area is 219 Å². The minimum absolute atomic E-state index is 0.0814. The van der Waals surface area contributed by atoms with Crippen molar-refractivity contribution < 1.29 is 19.5 Å². The zero-order valence-electron chi connectivity index (χ0n) is 20.3. The number of carboxylic acids is 1. The van der Waals surface area contributed by atoms with Crippen LogP contribution in [0.1, 0.15) is 26.4 Å². The molecule has 0 aliphatic carbocycles. The Morgan fingerprint density at radius 1 is 0.737 bits per heavy atom. The monoisotopic (exact) mass is 503 g/mol. The zero-order valence-corrected chi connectivity index (χ0v) is 20.3. The van der Waals surface area contributed by atoms with Crippen LogP contribution in [0.15, 0.2) is 109 Å². The molecule has 0 spiro atoms. The zero-order chi connectivity index (χ0) is 26.5. The van der Waals surface area contributed by atoms with Crippen LogP contribution in [0.3, 0.4) is 0 Å². The maximum absolute atomic E-state index is 13.1. The van der Waals surface area contributed by atoms with Crippen molar-refractivity contribution >= 4 is 34.4 Å². The Balaban J connectivity index is 1.30. The first-order chi connectivity index (χ1) is 18.5. The molecule has 0 radical (unpaired) electrons. The second kappa shape index (κ2) is 10.8. The number of hydrogen-bond donors (Lipinski definition) is 4. The van der Waals surface area contributed by atoms with Crippen molar-refractivity contribution in [1.82, 2.24) is 10.3 Å². The van der Waals surface area contributed by atoms with Gasteiger partial charge in [0.15, 0.2) is 0 Å². The van der Waals surface area contributed by atoms with Gasteiger partial charge >= 0.3 is 5.97 Å². The molecule has 38 heavy (non-hydrogen) atoms. The van der Waals surface area contributed by atoms with Crippen molar-refractivity contribution in [2.75, 3.05) is 5.32 Å². The van der Waals surface area contributed by atoms with Gasteiger partial charge in [-0.15, -0.1) is 0 Å². The van der Waals surface area contributed by atoms with E-state index >= 15 is 0 Å². The molecule has 0 saturated heterocycles. The fraction of sp³-hybridized carbons (Fsp3) is 0.0645. The number of nitrogens with one attached hydrogen (secondary N) is 3. The largest absolute Gasteiger partial charge is 0.480 e. The summed E-state index contributed by atoms with van der Waals surface area (Å²) < 4.78 is 0. The lowest BCUT2D eigenvalue weighted by molar-refractivity contribution is -0.139. The molecule has 1 unspecified atom stereocenters. The standard InChI is InChI=1S/C31H25N3O4/c35-29(22-16-14-21(15-17-22)20-8-2-1-3-9-20)33-27-13-7-5-11-25(27)30(36)34-28(31(37)38)19-24-18-23-10-4-6-12-26(23)32-24/h1-18,28,32H,19H2,(H,33,35)(H,34,36)(H,37,38). The Hall–Kier alpha value is -5.17. The summed E-state index contributed by atoms with van der Waals surface area (Å²) in [5.74, 6) is -2.13. The van der Waals surface area contributed by atoms with Crippen molar-refractivity contribution in [2.24, 2.45) is 0 Å². The number of benzene rings is 4. The summed E-state index contributed by atoms with van der Waals surface area (Å²) in [7, 11) is 0. The van der Waals surface area contributed by atoms with E-state index in [4.69, 9.17) is 0 Å². The summed E-state index contributed by atoms with van der Waals surface area (Å²) in [6.07, 6.45) is 0.0814. The molecule has 2 amide bonds. The summed E-state index contributed by atoms with van der Waals surface area (Å²) in [5, 5.41) is 16.1. The lowest BCUT2D eigenvalue weighted by Gasteiger charge is -2.16. The molecule has 1 atom stereocenters. The molecule has 0 aliphatic heterocycles. The number of H-pyrrole nitrogens is 1. The smallest absolute Gasteiger partial charge is 0.326 e. The van der Waals surface area contributed by atoms with Gasteiger partial charge in [0.25, 0.3) is 11.8 Å². The van der Waals surface area contributed by atoms with Crippen LogP contribution in [0.4, 0.5) is 5.69 Å². The number of anilines is 1. The van der Waals surface area contributed by atoms with Crippen LogP contribution in [-0.4, -0.2) is 33.9 Å². The minimum Gasteiger partial charge on any atom is -0.480 e. The molecule has 7 heteroatoms. The lowest BCUT2D eigenvalue weighted by atomic mass is 10.0. The number of aliphatic carboxylic acids is 1. The molecule has 7 nitrogen and oxygen atoms in total. The van der Waals surface area contributed by atoms with Crippen molar-refractivity contribution in [3.63, 3.8) is 0 Å². The SMILES string of the molecule is O=C(Nc1ccccc1C(=O)NC(Cc1cc2ccccc2[nH]1)C(=O)O)c1ccc(-c2ccccc2)cc1. The van der Waals surface area contributed by atoms with E-state index in [0.29, 0.717) is 11.3 Å². The number of amides is 2. The Morgan fingerprint density at radius 2 is 1.39 bits per heavy atom. The highest BCUT2D eigenvalue weighted by molar-refractivity contribution is 6.09. The van der Waals surface area contributed by atoms with E-state index in [0.717, 1.165) is 22.0 Å². The molecule has 0 bridgehead atoms. The van der Waals surface area contributed by atoms with Crippen molar-refractivity contribution in [3.05, 3.63) is 126 Å². The average Bonchev–Trinajstić information content (AvgIpc) is 3.36. The summed E-state index contributed by atoms with van der Waals surface area (Å²) in [5.41, 5.74) is 4.50. The van der Waals surface area contributed by atoms with Crippen molar-refractivity contribution in [2.45, 2.75) is 12.5 Å². The predicted molar refractivity (Wildman–Crippen MR) is 147 cm³/mol. The Morgan fingerprint density at radius 3 is 2.13 bits per heavy atom. The maximum atomic E-state index is 13.1. The maximum Gasteiger partial charge on any atom is 0.326 e. The second-order valence-corrected chi connectivity index (χ2v) is 8.89. The summed E-state index contributed by atoms with van der Waals surface area (Å²) in [6, 6.07) is 31.9. The summed E-state index contributed by atoms with van der Waals surface area (Å²) >= 11 is 0. The lowest BCUT2D eigenvalue weighted by Crippen LogP contribution is -2.42. The fourth-order valence-corrected chi connectivity index (χ4v) is 4.33. The van der Waals surface area contributed by atoms with Crippen LogP contribution >= 0.6 is 0 Å². The molecule has 1 aromatic heterocycles. The number of aromatic nitrogens is 1. The van der Waals surface area contributed by atoms with Gasteiger partial charge in [-0.25, -0.2) is 4.79 Å². The van der Waals surface area contributed by atoms with E-state index in [-0.39, 0.29) is 23.6 Å². The molecule has 0 fully saturated rings. The number of carbonyl (C=O) groups excluding carboxylic acids is 2. The van der Waals surface area contributed by atoms with Crippen LogP contribution in [0.25, 0.3) is 22.0 Å². The van der Waals surface area contributed by atoms with Gasteiger partial charge in [0.05, 0.1) is 11.3 Å². The van der Waals surface area contributed by atoms with E-state index in [1.807, 2.05) is 72.8 Å². The first-order valence-corrected chi connectivity index (χ1v) is 12.1. The highest BCUT2D eigenvalue weighted by Crippen LogP contribution is 2.21. The highest BCUT2D eigenvalue weighted by atomic mass is 16.4. The van der Waals surface area contributed by atoms with Crippen molar-refractivity contribution in [3.8, 4) is 11.1 Å². The van der Waals surface area contributed by atoms with Crippen LogP contribution in [0.2, 0.25) is 0 Å². The molecule has 5 aromatic rings. The third kappa shape index (κ3) is 5.47. The van der Waals surface area contributed by atoms with Gasteiger partial charge in [0, 0.05) is 23.2 Å². The van der Waals surface area contributed by atoms with Gasteiger partial charge in [-0.2, -0.15) is 0 Å². The Bertz CT molecular complexity index is 1570. The predicted octanol–water partition coefficient (Wildman–Crippen LogP) is 5.51. The van der Waals surface area contributed by atoms with Gasteiger partial charge in [-0.3, -0.25) is 9.59 Å². The van der Waals surface area contributed by atoms with E-state index in [1.165, 1.54) is 0 Å². The number of fused-ring (bicyclic) bond motifs is 1. The highest BCUT2D eigenvalue weighted by Gasteiger charge is 2.24. The molecule has 1 heterocycles. The molecule has 0 aliphatic rings. The van der Waals surface area contributed by atoms with E-state index in [9.17, 15) is 19.5 Å². The Kier molecular flexibility index (Phi) is 6.99. The molecule has 0 saturated carbocycles. The number of hydrogen-bond acceptors (Lipinski definition) is 3. The third-order valence-electron chi connectivity index (χ3n) is 6.29. The van der Waals surface area contributed by atoms with Crippen LogP contribution in [-0.2, 0) is 11.2 Å². The molecular weight excluding hydrogens is 478 g/mol. The van der Waals surface area contributed by atoms with Crippen LogP contribution < -0.4 is 10.6 Å². The number of aromatic amines is 1. The van der Waals surface area contributed by atoms with E-state index in [1.54, 1.807) is 36.4 Å². The number of para-hydroxylation sites is 2. The van der Waals surface area contributed by atoms with Gasteiger partial charge in [0.1, 0.15) is 6.04 Å². The number of carboxylic acid groups (broad SMARTS) is 1. The number of rotatable bonds is 8. The molecule has 188 valence electrons. The van der Waals surface area contributed by atoms with E-state index in [2.05, 4.69) is 15.6 Å². The summed E-state index contributed by atoms with van der Waals surface area (Å²) in [4.78, 5) is 41.2. The average molecular weight is 504 g/mol. The van der Waals surface area contributed by atoms with Gasteiger partial charge in [-0.05, 0) is 52.9 Å². The first-order valence-electron chi connectivity index (χ1n) is 12.1. The third-order valence-corrected chi connectivity index (χ3v) is 6.29. The molecule has 5 rings (SSSR count). The normalized spacial score (nSPS) is 11.6.